The van der Waals surface area contributed by atoms with Crippen LogP contribution < -0.4 is 11.1 Å². The van der Waals surface area contributed by atoms with Gasteiger partial charge in [0.15, 0.2) is 6.17 Å². The normalized spacial score (nSPS) is 16.0. The molecule has 3 amide bonds. The number of hydrogen-bond acceptors (Lipinski definition) is 4. The summed E-state index contributed by atoms with van der Waals surface area (Å²) in [5.41, 5.74) is 5.53. The summed E-state index contributed by atoms with van der Waals surface area (Å²) in [5.74, 6) is -3.59. The number of benzene rings is 2. The second kappa shape index (κ2) is 8.78. The van der Waals surface area contributed by atoms with Crippen LogP contribution in [0.1, 0.15) is 20.7 Å². The van der Waals surface area contributed by atoms with Crippen molar-refractivity contribution < 1.29 is 23.2 Å². The van der Waals surface area contributed by atoms with Gasteiger partial charge in [-0.25, -0.2) is 8.78 Å². The molecule has 0 aromatic heterocycles. The van der Waals surface area contributed by atoms with Crippen LogP contribution in [0, 0.1) is 11.6 Å². The number of halogens is 2. The summed E-state index contributed by atoms with van der Waals surface area (Å²) in [5, 5.41) is 2.57. The molecule has 1 unspecified atom stereocenters. The lowest BCUT2D eigenvalue weighted by atomic mass is 10.1. The quantitative estimate of drug-likeness (QED) is 0.779. The summed E-state index contributed by atoms with van der Waals surface area (Å²) >= 11 is 0. The van der Waals surface area contributed by atoms with Crippen molar-refractivity contribution in [2.24, 2.45) is 5.73 Å². The van der Waals surface area contributed by atoms with Crippen molar-refractivity contribution >= 4 is 17.7 Å². The molecular formula is C20H20F2N4O3. The van der Waals surface area contributed by atoms with Crippen molar-refractivity contribution in [2.75, 3.05) is 26.2 Å². The monoisotopic (exact) mass is 402 g/mol. The van der Waals surface area contributed by atoms with Crippen molar-refractivity contribution in [3.05, 3.63) is 71.3 Å². The summed E-state index contributed by atoms with van der Waals surface area (Å²) in [6, 6.07) is 10.8. The minimum Gasteiger partial charge on any atom is -0.351 e. The lowest BCUT2D eigenvalue weighted by Crippen LogP contribution is -2.54. The molecule has 1 fully saturated rings. The van der Waals surface area contributed by atoms with Gasteiger partial charge in [0.25, 0.3) is 17.7 Å². The maximum atomic E-state index is 13.6. The van der Waals surface area contributed by atoms with E-state index in [0.29, 0.717) is 11.6 Å². The Hall–Kier alpha value is -3.33. The predicted molar refractivity (Wildman–Crippen MR) is 101 cm³/mol. The van der Waals surface area contributed by atoms with E-state index in [1.807, 2.05) is 0 Å². The van der Waals surface area contributed by atoms with Gasteiger partial charge in [-0.05, 0) is 24.3 Å². The molecule has 0 saturated carbocycles. The standard InChI is InChI=1S/C20H20F2N4O3/c21-15-10-14(11-16(22)12-15)20(29)26-9-8-25(18(26)17(27)24-7-6-23)19(28)13-4-2-1-3-5-13/h1-5,10-12,18H,6-9,23H2,(H,24,27). The Bertz CT molecular complexity index is 903. The van der Waals surface area contributed by atoms with E-state index in [9.17, 15) is 23.2 Å². The molecule has 1 aliphatic heterocycles. The smallest absolute Gasteiger partial charge is 0.263 e. The molecule has 0 bridgehead atoms. The number of carbonyl (C=O) groups excluding carboxylic acids is 3. The number of carbonyl (C=O) groups is 3. The summed E-state index contributed by atoms with van der Waals surface area (Å²) < 4.78 is 27.1. The fourth-order valence-corrected chi connectivity index (χ4v) is 3.21. The predicted octanol–water partition coefficient (Wildman–Crippen LogP) is 0.964. The van der Waals surface area contributed by atoms with Crippen LogP contribution in [0.5, 0.6) is 0 Å². The zero-order chi connectivity index (χ0) is 21.0. The van der Waals surface area contributed by atoms with Gasteiger partial charge in [-0.3, -0.25) is 14.4 Å². The summed E-state index contributed by atoms with van der Waals surface area (Å²) in [6.45, 7) is 0.460. The first-order chi connectivity index (χ1) is 13.9. The third kappa shape index (κ3) is 4.40. The van der Waals surface area contributed by atoms with Gasteiger partial charge >= 0.3 is 0 Å². The zero-order valence-electron chi connectivity index (χ0n) is 15.5. The lowest BCUT2D eigenvalue weighted by Gasteiger charge is -2.29. The highest BCUT2D eigenvalue weighted by Gasteiger charge is 2.43. The Morgan fingerprint density at radius 1 is 0.931 bits per heavy atom. The highest BCUT2D eigenvalue weighted by molar-refractivity contribution is 6.02. The van der Waals surface area contributed by atoms with Gasteiger partial charge in [-0.1, -0.05) is 18.2 Å². The summed E-state index contributed by atoms with van der Waals surface area (Å²) in [6.07, 6.45) is -1.26. The molecule has 29 heavy (non-hydrogen) atoms. The van der Waals surface area contributed by atoms with Crippen LogP contribution in [0.15, 0.2) is 48.5 Å². The molecule has 7 nitrogen and oxygen atoms in total. The maximum absolute atomic E-state index is 13.6. The molecule has 2 aromatic carbocycles. The van der Waals surface area contributed by atoms with Gasteiger partial charge < -0.3 is 20.9 Å². The Labute approximate surface area is 166 Å². The van der Waals surface area contributed by atoms with E-state index in [4.69, 9.17) is 5.73 Å². The maximum Gasteiger partial charge on any atom is 0.263 e. The number of nitrogens with one attached hydrogen (secondary N) is 1. The van der Waals surface area contributed by atoms with Crippen molar-refractivity contribution in [3.8, 4) is 0 Å². The van der Waals surface area contributed by atoms with Crippen molar-refractivity contribution in [3.63, 3.8) is 0 Å². The summed E-state index contributed by atoms with van der Waals surface area (Å²) in [7, 11) is 0. The number of nitrogens with zero attached hydrogens (tertiary/aromatic N) is 2. The molecule has 1 atom stereocenters. The van der Waals surface area contributed by atoms with Crippen LogP contribution in [0.3, 0.4) is 0 Å². The highest BCUT2D eigenvalue weighted by atomic mass is 19.1. The van der Waals surface area contributed by atoms with Crippen molar-refractivity contribution in [1.82, 2.24) is 15.1 Å². The van der Waals surface area contributed by atoms with Crippen LogP contribution >= 0.6 is 0 Å². The molecule has 2 aromatic rings. The van der Waals surface area contributed by atoms with Crippen LogP contribution in [-0.2, 0) is 4.79 Å². The van der Waals surface area contributed by atoms with E-state index in [2.05, 4.69) is 5.32 Å². The van der Waals surface area contributed by atoms with Crippen LogP contribution in [0.25, 0.3) is 0 Å². The van der Waals surface area contributed by atoms with Crippen LogP contribution in [-0.4, -0.2) is 59.9 Å². The van der Waals surface area contributed by atoms with Gasteiger partial charge in [-0.15, -0.1) is 0 Å². The van der Waals surface area contributed by atoms with E-state index in [-0.39, 0.29) is 31.7 Å². The molecule has 0 radical (unpaired) electrons. The van der Waals surface area contributed by atoms with E-state index in [0.717, 1.165) is 17.0 Å². The molecular weight excluding hydrogens is 382 g/mol. The second-order valence-electron chi connectivity index (χ2n) is 6.47. The van der Waals surface area contributed by atoms with Crippen LogP contribution in [0.4, 0.5) is 8.78 Å². The second-order valence-corrected chi connectivity index (χ2v) is 6.47. The fourth-order valence-electron chi connectivity index (χ4n) is 3.21. The number of rotatable bonds is 5. The average molecular weight is 402 g/mol. The van der Waals surface area contributed by atoms with E-state index >= 15 is 0 Å². The number of nitrogens with two attached hydrogens (primary N) is 1. The molecule has 3 N–H and O–H groups in total. The first-order valence-corrected chi connectivity index (χ1v) is 9.03. The van der Waals surface area contributed by atoms with Crippen molar-refractivity contribution in [2.45, 2.75) is 6.17 Å². The SMILES string of the molecule is NCCNC(=O)C1N(C(=O)c2ccccc2)CCN1C(=O)c1cc(F)cc(F)c1. The Kier molecular flexibility index (Phi) is 6.18. The van der Waals surface area contributed by atoms with Crippen LogP contribution in [0.2, 0.25) is 0 Å². The number of hydrogen-bond donors (Lipinski definition) is 2. The van der Waals surface area contributed by atoms with E-state index in [1.54, 1.807) is 30.3 Å². The molecule has 0 spiro atoms. The molecule has 3 rings (SSSR count). The third-order valence-corrected chi connectivity index (χ3v) is 4.50. The van der Waals surface area contributed by atoms with Gasteiger partial charge in [0.1, 0.15) is 11.6 Å². The highest BCUT2D eigenvalue weighted by Crippen LogP contribution is 2.22. The van der Waals surface area contributed by atoms with Gasteiger partial charge in [0.2, 0.25) is 0 Å². The summed E-state index contributed by atoms with van der Waals surface area (Å²) in [4.78, 5) is 40.9. The first-order valence-electron chi connectivity index (χ1n) is 9.03. The number of amides is 3. The Morgan fingerprint density at radius 2 is 1.48 bits per heavy atom. The van der Waals surface area contributed by atoms with E-state index in [1.165, 1.54) is 4.90 Å². The topological polar surface area (TPSA) is 95.7 Å². The third-order valence-electron chi connectivity index (χ3n) is 4.50. The molecule has 1 saturated heterocycles. The van der Waals surface area contributed by atoms with Gasteiger partial charge in [0, 0.05) is 43.4 Å². The van der Waals surface area contributed by atoms with Crippen molar-refractivity contribution in [1.29, 1.82) is 0 Å². The molecule has 9 heteroatoms. The Morgan fingerprint density at radius 3 is 2.03 bits per heavy atom. The van der Waals surface area contributed by atoms with Gasteiger partial charge in [0.05, 0.1) is 0 Å². The minimum absolute atomic E-state index is 0.0379. The zero-order valence-corrected chi connectivity index (χ0v) is 15.5. The molecule has 1 aliphatic rings. The lowest BCUT2D eigenvalue weighted by molar-refractivity contribution is -0.128. The molecule has 152 valence electrons. The van der Waals surface area contributed by atoms with Gasteiger partial charge in [-0.2, -0.15) is 0 Å². The largest absolute Gasteiger partial charge is 0.351 e. The average Bonchev–Trinajstić information content (AvgIpc) is 3.16. The van der Waals surface area contributed by atoms with E-state index < -0.39 is 35.5 Å². The molecule has 1 heterocycles. The fraction of sp³-hybridized carbons (Fsp3) is 0.250. The molecule has 0 aliphatic carbocycles. The first kappa shape index (κ1) is 20.4. The minimum atomic E-state index is -1.26. The Balaban J connectivity index is 1.92.